The SMILES string of the molecule is CN(C)S(=O)(=O)c1ccc(Cl)c(C(=O)Nc2ncccc2OCc2ccncc2)c1. The third kappa shape index (κ3) is 4.93. The van der Waals surface area contributed by atoms with E-state index < -0.39 is 15.9 Å². The number of sulfonamides is 1. The molecule has 3 aromatic rings. The van der Waals surface area contributed by atoms with Gasteiger partial charge < -0.3 is 10.1 Å². The van der Waals surface area contributed by atoms with Crippen LogP contribution < -0.4 is 10.1 Å². The summed E-state index contributed by atoms with van der Waals surface area (Å²) in [4.78, 5) is 20.9. The summed E-state index contributed by atoms with van der Waals surface area (Å²) in [6, 6.07) is 10.9. The fraction of sp³-hybridized carbons (Fsp3) is 0.150. The Hall–Kier alpha value is -3.01. The maximum Gasteiger partial charge on any atom is 0.258 e. The molecule has 0 atom stereocenters. The number of amides is 1. The average Bonchev–Trinajstić information content (AvgIpc) is 2.74. The molecule has 0 bridgehead atoms. The Balaban J connectivity index is 1.83. The number of ether oxygens (including phenoxy) is 1. The highest BCUT2D eigenvalue weighted by molar-refractivity contribution is 7.89. The molecule has 2 aromatic heterocycles. The van der Waals surface area contributed by atoms with E-state index in [-0.39, 0.29) is 27.9 Å². The van der Waals surface area contributed by atoms with Gasteiger partial charge in [0.05, 0.1) is 15.5 Å². The minimum absolute atomic E-state index is 0.00493. The minimum Gasteiger partial charge on any atom is -0.485 e. The van der Waals surface area contributed by atoms with Crippen molar-refractivity contribution in [2.45, 2.75) is 11.5 Å². The highest BCUT2D eigenvalue weighted by Gasteiger charge is 2.21. The number of hydrogen-bond acceptors (Lipinski definition) is 6. The van der Waals surface area contributed by atoms with E-state index >= 15 is 0 Å². The number of anilines is 1. The van der Waals surface area contributed by atoms with Crippen LogP contribution in [0.1, 0.15) is 15.9 Å². The van der Waals surface area contributed by atoms with Crippen LogP contribution in [0.2, 0.25) is 5.02 Å². The maximum atomic E-state index is 12.8. The van der Waals surface area contributed by atoms with E-state index in [2.05, 4.69) is 15.3 Å². The van der Waals surface area contributed by atoms with Crippen molar-refractivity contribution in [2.24, 2.45) is 0 Å². The molecule has 1 amide bonds. The van der Waals surface area contributed by atoms with Gasteiger partial charge in [-0.1, -0.05) is 11.6 Å². The molecule has 0 spiro atoms. The van der Waals surface area contributed by atoms with Crippen molar-refractivity contribution in [1.82, 2.24) is 14.3 Å². The Bertz CT molecular complexity index is 1150. The van der Waals surface area contributed by atoms with Crippen molar-refractivity contribution in [3.05, 3.63) is 77.2 Å². The summed E-state index contributed by atoms with van der Waals surface area (Å²) >= 11 is 6.14. The lowest BCUT2D eigenvalue weighted by Crippen LogP contribution is -2.23. The zero-order valence-electron chi connectivity index (χ0n) is 16.2. The van der Waals surface area contributed by atoms with Gasteiger partial charge in [-0.2, -0.15) is 0 Å². The molecule has 10 heteroatoms. The number of nitrogens with zero attached hydrogens (tertiary/aromatic N) is 3. The molecule has 2 heterocycles. The largest absolute Gasteiger partial charge is 0.485 e. The van der Waals surface area contributed by atoms with E-state index in [9.17, 15) is 13.2 Å². The van der Waals surface area contributed by atoms with E-state index in [0.29, 0.717) is 5.75 Å². The maximum absolute atomic E-state index is 12.8. The average molecular weight is 447 g/mol. The number of pyridine rings is 2. The smallest absolute Gasteiger partial charge is 0.258 e. The van der Waals surface area contributed by atoms with Gasteiger partial charge in [0.2, 0.25) is 10.0 Å². The predicted octanol–water partition coefficient (Wildman–Crippen LogP) is 3.21. The predicted molar refractivity (Wildman–Crippen MR) is 113 cm³/mol. The fourth-order valence-corrected chi connectivity index (χ4v) is 3.60. The quantitative estimate of drug-likeness (QED) is 0.598. The Morgan fingerprint density at radius 3 is 2.57 bits per heavy atom. The van der Waals surface area contributed by atoms with E-state index in [1.165, 1.54) is 38.5 Å². The highest BCUT2D eigenvalue weighted by atomic mass is 35.5. The summed E-state index contributed by atoms with van der Waals surface area (Å²) in [5.74, 6) is -0.0624. The number of hydrogen-bond donors (Lipinski definition) is 1. The number of carbonyl (C=O) groups excluding carboxylic acids is 1. The van der Waals surface area contributed by atoms with Crippen LogP contribution in [0.5, 0.6) is 5.75 Å². The van der Waals surface area contributed by atoms with Crippen LogP contribution in [0, 0.1) is 0 Å². The second kappa shape index (κ2) is 9.21. The van der Waals surface area contributed by atoms with E-state index in [1.54, 1.807) is 24.5 Å². The van der Waals surface area contributed by atoms with Crippen LogP contribution in [-0.2, 0) is 16.6 Å². The summed E-state index contributed by atoms with van der Waals surface area (Å²) in [5, 5.41) is 2.74. The van der Waals surface area contributed by atoms with Gasteiger partial charge in [0.1, 0.15) is 6.61 Å². The molecule has 1 N–H and O–H groups in total. The van der Waals surface area contributed by atoms with Gasteiger partial charge in [0.15, 0.2) is 11.6 Å². The van der Waals surface area contributed by atoms with Crippen LogP contribution in [0.25, 0.3) is 0 Å². The minimum atomic E-state index is -3.72. The van der Waals surface area contributed by atoms with Crippen molar-refractivity contribution in [3.8, 4) is 5.75 Å². The van der Waals surface area contributed by atoms with Crippen LogP contribution in [0.15, 0.2) is 66.0 Å². The number of carbonyl (C=O) groups is 1. The zero-order valence-corrected chi connectivity index (χ0v) is 17.8. The molecule has 0 aliphatic carbocycles. The van der Waals surface area contributed by atoms with Gasteiger partial charge in [-0.05, 0) is 48.0 Å². The first-order valence-corrected chi connectivity index (χ1v) is 10.6. The van der Waals surface area contributed by atoms with Crippen LogP contribution >= 0.6 is 11.6 Å². The Labute approximate surface area is 179 Å². The number of halogens is 1. The molecule has 30 heavy (non-hydrogen) atoms. The first-order chi connectivity index (χ1) is 14.3. The molecular weight excluding hydrogens is 428 g/mol. The lowest BCUT2D eigenvalue weighted by Gasteiger charge is -2.14. The summed E-state index contributed by atoms with van der Waals surface area (Å²) in [6.45, 7) is 0.258. The standard InChI is InChI=1S/C20H19ClN4O4S/c1-25(2)30(27,28)15-5-6-17(21)16(12-15)20(26)24-19-18(4-3-9-23-19)29-13-14-7-10-22-11-8-14/h3-12H,13H2,1-2H3,(H,23,24,26). The molecule has 0 fully saturated rings. The molecule has 3 rings (SSSR count). The molecule has 0 saturated carbocycles. The molecule has 156 valence electrons. The molecular formula is C20H19ClN4O4S. The monoisotopic (exact) mass is 446 g/mol. The van der Waals surface area contributed by atoms with Crippen molar-refractivity contribution in [3.63, 3.8) is 0 Å². The van der Waals surface area contributed by atoms with Gasteiger partial charge in [0.25, 0.3) is 5.91 Å². The summed E-state index contributed by atoms with van der Waals surface area (Å²) in [5.41, 5.74) is 0.904. The number of benzene rings is 1. The Morgan fingerprint density at radius 1 is 1.13 bits per heavy atom. The van der Waals surface area contributed by atoms with Gasteiger partial charge in [-0.25, -0.2) is 17.7 Å². The molecule has 0 saturated heterocycles. The van der Waals surface area contributed by atoms with Gasteiger partial charge in [0, 0.05) is 32.7 Å². The number of aromatic nitrogens is 2. The van der Waals surface area contributed by atoms with E-state index in [0.717, 1.165) is 9.87 Å². The zero-order chi connectivity index (χ0) is 21.7. The third-order valence-electron chi connectivity index (χ3n) is 4.11. The Morgan fingerprint density at radius 2 is 1.87 bits per heavy atom. The van der Waals surface area contributed by atoms with Crippen LogP contribution in [0.3, 0.4) is 0 Å². The second-order valence-electron chi connectivity index (χ2n) is 6.38. The molecule has 1 aromatic carbocycles. The first kappa shape index (κ1) is 21.7. The van der Waals surface area contributed by atoms with Crippen LogP contribution in [-0.4, -0.2) is 42.7 Å². The summed E-state index contributed by atoms with van der Waals surface area (Å²) < 4.78 is 31.5. The van der Waals surface area contributed by atoms with Crippen molar-refractivity contribution >= 4 is 33.3 Å². The summed E-state index contributed by atoms with van der Waals surface area (Å²) in [6.07, 6.45) is 4.81. The molecule has 0 unspecified atom stereocenters. The third-order valence-corrected chi connectivity index (χ3v) is 6.25. The lowest BCUT2D eigenvalue weighted by molar-refractivity contribution is 0.102. The molecule has 8 nitrogen and oxygen atoms in total. The topological polar surface area (TPSA) is 101 Å². The molecule has 0 aliphatic heterocycles. The second-order valence-corrected chi connectivity index (χ2v) is 8.94. The van der Waals surface area contributed by atoms with E-state index in [4.69, 9.17) is 16.3 Å². The van der Waals surface area contributed by atoms with Crippen molar-refractivity contribution in [1.29, 1.82) is 0 Å². The molecule has 0 radical (unpaired) electrons. The fourth-order valence-electron chi connectivity index (χ4n) is 2.47. The van der Waals surface area contributed by atoms with Crippen LogP contribution in [0.4, 0.5) is 5.82 Å². The van der Waals surface area contributed by atoms with E-state index in [1.807, 2.05) is 12.1 Å². The molecule has 0 aliphatic rings. The number of nitrogens with one attached hydrogen (secondary N) is 1. The normalized spacial score (nSPS) is 11.3. The number of rotatable bonds is 7. The Kier molecular flexibility index (Phi) is 6.66. The van der Waals surface area contributed by atoms with Crippen molar-refractivity contribution < 1.29 is 17.9 Å². The highest BCUT2D eigenvalue weighted by Crippen LogP contribution is 2.26. The van der Waals surface area contributed by atoms with Gasteiger partial charge >= 0.3 is 0 Å². The van der Waals surface area contributed by atoms with Gasteiger partial charge in [-0.15, -0.1) is 0 Å². The first-order valence-electron chi connectivity index (χ1n) is 8.79. The van der Waals surface area contributed by atoms with Crippen molar-refractivity contribution in [2.75, 3.05) is 19.4 Å². The van der Waals surface area contributed by atoms with Gasteiger partial charge in [-0.3, -0.25) is 9.78 Å². The summed E-state index contributed by atoms with van der Waals surface area (Å²) in [7, 11) is -0.907. The lowest BCUT2D eigenvalue weighted by atomic mass is 10.2.